The Hall–Kier alpha value is -6.90. The fraction of sp³-hybridized carbons (Fsp3) is 0.0385. The van der Waals surface area contributed by atoms with E-state index in [0.29, 0.717) is 5.92 Å². The highest BCUT2D eigenvalue weighted by molar-refractivity contribution is 6.13. The number of benzene rings is 8. The Balaban J connectivity index is 0.993. The minimum absolute atomic E-state index is 0.366. The highest BCUT2D eigenvalue weighted by atomic mass is 15.1. The lowest BCUT2D eigenvalue weighted by Crippen LogP contribution is -2.33. The van der Waals surface area contributed by atoms with Crippen molar-refractivity contribution >= 4 is 77.6 Å². The third kappa shape index (κ3) is 4.95. The molecule has 0 saturated carbocycles. The first-order valence-electron chi connectivity index (χ1n) is 18.9. The molecule has 1 heterocycles. The van der Waals surface area contributed by atoms with E-state index >= 15 is 0 Å². The van der Waals surface area contributed by atoms with Gasteiger partial charge in [0, 0.05) is 39.4 Å². The summed E-state index contributed by atoms with van der Waals surface area (Å²) < 4.78 is 2.42. The minimum Gasteiger partial charge on any atom is -0.310 e. The van der Waals surface area contributed by atoms with Gasteiger partial charge in [0.05, 0.1) is 11.0 Å². The summed E-state index contributed by atoms with van der Waals surface area (Å²) in [5.41, 5.74) is 10.8. The van der Waals surface area contributed by atoms with Crippen LogP contribution in [-0.2, 0) is 0 Å². The van der Waals surface area contributed by atoms with Crippen LogP contribution in [0, 0.1) is 5.92 Å². The number of para-hydroxylation sites is 2. The minimum atomic E-state index is 0.366. The number of fused-ring (bicyclic) bond motifs is 8. The Labute approximate surface area is 314 Å². The third-order valence-electron chi connectivity index (χ3n) is 11.4. The van der Waals surface area contributed by atoms with Crippen molar-refractivity contribution in [2.45, 2.75) is 6.42 Å². The molecule has 1 unspecified atom stereocenters. The lowest BCUT2D eigenvalue weighted by Gasteiger charge is -2.27. The van der Waals surface area contributed by atoms with Gasteiger partial charge in [0.1, 0.15) is 0 Å². The summed E-state index contributed by atoms with van der Waals surface area (Å²) in [5.74, 6) is 0.366. The number of allylic oxidation sites excluding steroid dienone is 4. The summed E-state index contributed by atoms with van der Waals surface area (Å²) in [7, 11) is 0. The van der Waals surface area contributed by atoms with Gasteiger partial charge in [0.15, 0.2) is 0 Å². The summed E-state index contributed by atoms with van der Waals surface area (Å²) in [5, 5.41) is 10.4. The molecule has 54 heavy (non-hydrogen) atoms. The van der Waals surface area contributed by atoms with E-state index in [0.717, 1.165) is 29.2 Å². The van der Waals surface area contributed by atoms with Crippen LogP contribution in [-0.4, -0.2) is 4.57 Å². The van der Waals surface area contributed by atoms with Crippen LogP contribution in [0.1, 0.15) is 12.0 Å². The Morgan fingerprint density at radius 3 is 2.04 bits per heavy atom. The number of hydrogen-bond acceptors (Lipinski definition) is 1. The number of rotatable bonds is 5. The molecule has 2 aliphatic carbocycles. The zero-order valence-corrected chi connectivity index (χ0v) is 29.7. The molecule has 8 aromatic carbocycles. The van der Waals surface area contributed by atoms with Gasteiger partial charge in [-0.15, -0.1) is 0 Å². The predicted molar refractivity (Wildman–Crippen MR) is 229 cm³/mol. The van der Waals surface area contributed by atoms with Crippen LogP contribution in [0.5, 0.6) is 0 Å². The summed E-state index contributed by atoms with van der Waals surface area (Å²) in [6, 6.07) is 64.2. The van der Waals surface area contributed by atoms with Crippen LogP contribution in [0.4, 0.5) is 17.1 Å². The van der Waals surface area contributed by atoms with Gasteiger partial charge in [-0.1, -0.05) is 140 Å². The SMILES string of the molecule is C1=CC2=c3c(ccc4ccccc34)=CCC2C=C1c1ccc(N(c2ccccc2)c2cccc(-n3c4ccccc4c4cc5ccccc5cc43)c2)cc1. The molecule has 11 rings (SSSR count). The summed E-state index contributed by atoms with van der Waals surface area (Å²) in [6.45, 7) is 0. The van der Waals surface area contributed by atoms with Crippen molar-refractivity contribution in [1.29, 1.82) is 0 Å². The largest absolute Gasteiger partial charge is 0.310 e. The van der Waals surface area contributed by atoms with Gasteiger partial charge in [0.2, 0.25) is 0 Å². The van der Waals surface area contributed by atoms with E-state index < -0.39 is 0 Å². The standard InChI is InChI=1S/C52H36N2/c1-2-14-42(15-3-1)53(44-16-10-17-45(34-44)54-50-20-9-8-19-48(50)49-32-38-12-4-5-13-39(38)33-51(49)54)43-28-25-35(26-29-43)40-27-30-47-41(31-40)24-23-37-22-21-36-11-6-7-18-46(36)52(37)47/h1-23,25-34,41H,24H2. The van der Waals surface area contributed by atoms with E-state index in [4.69, 9.17) is 0 Å². The molecule has 1 aromatic heterocycles. The van der Waals surface area contributed by atoms with Crippen molar-refractivity contribution in [2.24, 2.45) is 5.92 Å². The first-order valence-corrected chi connectivity index (χ1v) is 18.9. The smallest absolute Gasteiger partial charge is 0.0547 e. The molecule has 0 amide bonds. The molecule has 0 saturated heterocycles. The quantitative estimate of drug-likeness (QED) is 0.175. The van der Waals surface area contributed by atoms with Crippen LogP contribution in [0.2, 0.25) is 0 Å². The number of aromatic nitrogens is 1. The lowest BCUT2D eigenvalue weighted by molar-refractivity contribution is 0.868. The molecule has 0 bridgehead atoms. The maximum Gasteiger partial charge on any atom is 0.0547 e. The molecule has 2 heteroatoms. The fourth-order valence-electron chi connectivity index (χ4n) is 8.89. The van der Waals surface area contributed by atoms with E-state index in [-0.39, 0.29) is 0 Å². The molecule has 9 aromatic rings. The second-order valence-corrected chi connectivity index (χ2v) is 14.5. The normalized spacial score (nSPS) is 14.9. The van der Waals surface area contributed by atoms with Gasteiger partial charge < -0.3 is 9.47 Å². The van der Waals surface area contributed by atoms with Crippen LogP contribution >= 0.6 is 0 Å². The zero-order chi connectivity index (χ0) is 35.6. The maximum absolute atomic E-state index is 2.47. The van der Waals surface area contributed by atoms with Crippen molar-refractivity contribution in [3.63, 3.8) is 0 Å². The van der Waals surface area contributed by atoms with Crippen molar-refractivity contribution in [2.75, 3.05) is 4.90 Å². The number of anilines is 3. The van der Waals surface area contributed by atoms with Gasteiger partial charge >= 0.3 is 0 Å². The third-order valence-corrected chi connectivity index (χ3v) is 11.4. The average molecular weight is 689 g/mol. The van der Waals surface area contributed by atoms with Crippen LogP contribution in [0.25, 0.3) is 66.3 Å². The van der Waals surface area contributed by atoms with Crippen molar-refractivity contribution in [3.8, 4) is 5.69 Å². The van der Waals surface area contributed by atoms with E-state index in [2.05, 4.69) is 210 Å². The topological polar surface area (TPSA) is 8.17 Å². The van der Waals surface area contributed by atoms with Gasteiger partial charge in [0.25, 0.3) is 0 Å². The fourth-order valence-corrected chi connectivity index (χ4v) is 8.89. The first-order chi connectivity index (χ1) is 26.8. The Bertz CT molecular complexity index is 3130. The molecule has 2 aliphatic rings. The van der Waals surface area contributed by atoms with Crippen molar-refractivity contribution < 1.29 is 0 Å². The summed E-state index contributed by atoms with van der Waals surface area (Å²) in [4.78, 5) is 2.37. The predicted octanol–water partition coefficient (Wildman–Crippen LogP) is 12.2. The molecular formula is C52H36N2. The summed E-state index contributed by atoms with van der Waals surface area (Å²) in [6.07, 6.45) is 10.6. The van der Waals surface area contributed by atoms with Crippen molar-refractivity contribution in [1.82, 2.24) is 4.57 Å². The molecule has 0 N–H and O–H groups in total. The summed E-state index contributed by atoms with van der Waals surface area (Å²) >= 11 is 0. The zero-order valence-electron chi connectivity index (χ0n) is 29.7. The number of hydrogen-bond donors (Lipinski definition) is 0. The molecular weight excluding hydrogens is 653 g/mol. The second-order valence-electron chi connectivity index (χ2n) is 14.5. The molecule has 0 radical (unpaired) electrons. The molecule has 0 spiro atoms. The van der Waals surface area contributed by atoms with Crippen LogP contribution in [0.3, 0.4) is 0 Å². The Morgan fingerprint density at radius 2 is 1.19 bits per heavy atom. The maximum atomic E-state index is 2.47. The molecule has 1 atom stereocenters. The van der Waals surface area contributed by atoms with Gasteiger partial charge in [-0.2, -0.15) is 0 Å². The van der Waals surface area contributed by atoms with Crippen molar-refractivity contribution in [3.05, 3.63) is 210 Å². The monoisotopic (exact) mass is 688 g/mol. The molecule has 0 fully saturated rings. The molecule has 254 valence electrons. The highest BCUT2D eigenvalue weighted by Gasteiger charge is 2.21. The lowest BCUT2D eigenvalue weighted by atomic mass is 9.81. The van der Waals surface area contributed by atoms with E-state index in [1.54, 1.807) is 0 Å². The molecule has 0 aliphatic heterocycles. The first kappa shape index (κ1) is 30.7. The molecule has 2 nitrogen and oxygen atoms in total. The van der Waals surface area contributed by atoms with Crippen LogP contribution < -0.4 is 15.3 Å². The van der Waals surface area contributed by atoms with Gasteiger partial charge in [-0.05, 0) is 116 Å². The van der Waals surface area contributed by atoms with E-state index in [1.165, 1.54) is 70.5 Å². The van der Waals surface area contributed by atoms with Crippen LogP contribution in [0.15, 0.2) is 194 Å². The van der Waals surface area contributed by atoms with E-state index in [9.17, 15) is 0 Å². The Kier molecular flexibility index (Phi) is 7.03. The second kappa shape index (κ2) is 12.4. The average Bonchev–Trinajstić information content (AvgIpc) is 3.56. The van der Waals surface area contributed by atoms with Gasteiger partial charge in [-0.25, -0.2) is 0 Å². The van der Waals surface area contributed by atoms with E-state index in [1.807, 2.05) is 0 Å². The highest BCUT2D eigenvalue weighted by Crippen LogP contribution is 2.40. The Morgan fingerprint density at radius 1 is 0.481 bits per heavy atom. The number of nitrogens with zero attached hydrogens (tertiary/aromatic N) is 2. The van der Waals surface area contributed by atoms with Gasteiger partial charge in [-0.3, -0.25) is 0 Å².